The van der Waals surface area contributed by atoms with Gasteiger partial charge >= 0.3 is 0 Å². The minimum atomic E-state index is -0.197. The van der Waals surface area contributed by atoms with Gasteiger partial charge in [-0.15, -0.1) is 21.5 Å². The van der Waals surface area contributed by atoms with Gasteiger partial charge < -0.3 is 20.1 Å². The molecule has 0 fully saturated rings. The summed E-state index contributed by atoms with van der Waals surface area (Å²) in [6.45, 7) is 0.790. The number of halogens is 1. The van der Waals surface area contributed by atoms with E-state index in [-0.39, 0.29) is 11.7 Å². The lowest BCUT2D eigenvalue weighted by Crippen LogP contribution is -2.14. The molecule has 0 unspecified atom stereocenters. The number of carbonyl (C=O) groups excluding carboxylic acids is 1. The quantitative estimate of drug-likeness (QED) is 0.417. The molecule has 2 aromatic heterocycles. The molecule has 0 radical (unpaired) electrons. The molecule has 0 spiro atoms. The van der Waals surface area contributed by atoms with Gasteiger partial charge in [0.15, 0.2) is 4.34 Å². The largest absolute Gasteiger partial charge is 0.495 e. The van der Waals surface area contributed by atoms with Crippen molar-refractivity contribution < 1.29 is 14.3 Å². The zero-order valence-electron chi connectivity index (χ0n) is 15.7. The molecule has 0 aliphatic heterocycles. The number of hydrogen-bond donors (Lipinski definition) is 2. The maximum absolute atomic E-state index is 12.3. The minimum absolute atomic E-state index is 0.191. The zero-order chi connectivity index (χ0) is 20.6. The maximum Gasteiger partial charge on any atom is 0.234 e. The van der Waals surface area contributed by atoms with E-state index in [4.69, 9.17) is 21.1 Å². The average molecular weight is 471 g/mol. The number of amides is 1. The second-order valence-electron chi connectivity index (χ2n) is 5.65. The number of carbonyl (C=O) groups is 1. The Bertz CT molecular complexity index is 950. The lowest BCUT2D eigenvalue weighted by molar-refractivity contribution is -0.113. The Labute approximate surface area is 185 Å². The smallest absolute Gasteiger partial charge is 0.234 e. The molecule has 7 nitrogen and oxygen atoms in total. The molecule has 1 aromatic carbocycles. The van der Waals surface area contributed by atoms with Crippen LogP contribution in [0.3, 0.4) is 0 Å². The highest BCUT2D eigenvalue weighted by Crippen LogP contribution is 2.36. The van der Waals surface area contributed by atoms with E-state index in [2.05, 4.69) is 32.3 Å². The van der Waals surface area contributed by atoms with Crippen LogP contribution in [0.5, 0.6) is 11.5 Å². The zero-order valence-corrected chi connectivity index (χ0v) is 18.9. The van der Waals surface area contributed by atoms with Gasteiger partial charge in [0.25, 0.3) is 0 Å². The summed E-state index contributed by atoms with van der Waals surface area (Å²) in [5, 5.41) is 17.5. The van der Waals surface area contributed by atoms with Crippen molar-refractivity contribution in [1.29, 1.82) is 0 Å². The fraction of sp³-hybridized carbons (Fsp3) is 0.278. The lowest BCUT2D eigenvalue weighted by Gasteiger charge is -2.12. The normalized spacial score (nSPS) is 10.6. The van der Waals surface area contributed by atoms with Gasteiger partial charge in [0.05, 0.1) is 30.7 Å². The molecule has 2 heterocycles. The highest BCUT2D eigenvalue weighted by atomic mass is 35.5. The predicted octanol–water partition coefficient (Wildman–Crippen LogP) is 4.66. The van der Waals surface area contributed by atoms with Crippen LogP contribution < -0.4 is 20.1 Å². The van der Waals surface area contributed by atoms with Gasteiger partial charge in [-0.05, 0) is 23.9 Å². The summed E-state index contributed by atoms with van der Waals surface area (Å²) in [5.74, 6) is 0.940. The summed E-state index contributed by atoms with van der Waals surface area (Å²) >= 11 is 10.6. The molecule has 3 rings (SSSR count). The first-order chi connectivity index (χ1) is 14.1. The van der Waals surface area contributed by atoms with Crippen LogP contribution >= 0.6 is 46.0 Å². The van der Waals surface area contributed by atoms with Crippen molar-refractivity contribution in [3.8, 4) is 11.5 Å². The number of anilines is 2. The predicted molar refractivity (Wildman–Crippen MR) is 120 cm³/mol. The number of thioether (sulfide) groups is 1. The fourth-order valence-electron chi connectivity index (χ4n) is 2.36. The molecule has 0 aliphatic carbocycles. The molecule has 0 bridgehead atoms. The first-order valence-corrected chi connectivity index (χ1v) is 11.6. The third kappa shape index (κ3) is 6.23. The van der Waals surface area contributed by atoms with Crippen LogP contribution in [0, 0.1) is 0 Å². The Hall–Kier alpha value is -2.01. The molecule has 0 saturated carbocycles. The molecule has 29 heavy (non-hydrogen) atoms. The second-order valence-corrected chi connectivity index (χ2v) is 9.29. The third-order valence-corrected chi connectivity index (χ3v) is 6.95. The molecule has 2 N–H and O–H groups in total. The molecule has 3 aromatic rings. The Kier molecular flexibility index (Phi) is 7.99. The SMILES string of the molecule is COc1cc(OC)c(NC(=O)CSc2nnc(NCCc3cccs3)s2)cc1Cl. The Morgan fingerprint density at radius 3 is 2.79 bits per heavy atom. The molecular formula is C18H19ClN4O3S3. The number of hydrogen-bond acceptors (Lipinski definition) is 9. The Balaban J connectivity index is 1.48. The maximum atomic E-state index is 12.3. The van der Waals surface area contributed by atoms with Crippen molar-refractivity contribution >= 4 is 62.8 Å². The minimum Gasteiger partial charge on any atom is -0.495 e. The van der Waals surface area contributed by atoms with E-state index in [0.717, 1.165) is 22.4 Å². The number of methoxy groups -OCH3 is 2. The molecule has 154 valence electrons. The average Bonchev–Trinajstić information content (AvgIpc) is 3.39. The number of thiophene rings is 1. The summed E-state index contributed by atoms with van der Waals surface area (Å²) in [6.07, 6.45) is 0.939. The van der Waals surface area contributed by atoms with Gasteiger partial charge in [0.2, 0.25) is 11.0 Å². The standard InChI is InChI=1S/C18H19ClN4O3S3/c1-25-14-9-15(26-2)13(8-12(14)19)21-16(24)10-28-18-23-22-17(29-18)20-6-5-11-4-3-7-27-11/h3-4,7-9H,5-6,10H2,1-2H3,(H,20,22)(H,21,24). The number of aromatic nitrogens is 2. The van der Waals surface area contributed by atoms with E-state index in [1.807, 2.05) is 6.07 Å². The summed E-state index contributed by atoms with van der Waals surface area (Å²) in [4.78, 5) is 13.6. The summed E-state index contributed by atoms with van der Waals surface area (Å²) in [6, 6.07) is 7.38. The monoisotopic (exact) mass is 470 g/mol. The first kappa shape index (κ1) is 21.7. The number of rotatable bonds is 10. The summed E-state index contributed by atoms with van der Waals surface area (Å²) < 4.78 is 11.2. The molecule has 0 saturated heterocycles. The van der Waals surface area contributed by atoms with E-state index in [9.17, 15) is 4.79 Å². The number of ether oxygens (including phenoxy) is 2. The topological polar surface area (TPSA) is 85.4 Å². The van der Waals surface area contributed by atoms with Crippen molar-refractivity contribution in [3.63, 3.8) is 0 Å². The fourth-order valence-corrected chi connectivity index (χ4v) is 4.89. The van der Waals surface area contributed by atoms with Crippen LogP contribution in [-0.4, -0.2) is 42.6 Å². The van der Waals surface area contributed by atoms with E-state index < -0.39 is 0 Å². The van der Waals surface area contributed by atoms with Crippen molar-refractivity contribution in [3.05, 3.63) is 39.5 Å². The number of nitrogens with one attached hydrogen (secondary N) is 2. The number of nitrogens with zero attached hydrogens (tertiary/aromatic N) is 2. The van der Waals surface area contributed by atoms with E-state index in [0.29, 0.717) is 22.2 Å². The Morgan fingerprint density at radius 2 is 2.07 bits per heavy atom. The van der Waals surface area contributed by atoms with Crippen LogP contribution in [0.25, 0.3) is 0 Å². The van der Waals surface area contributed by atoms with Gasteiger partial charge in [-0.3, -0.25) is 4.79 Å². The molecular weight excluding hydrogens is 452 g/mol. The second kappa shape index (κ2) is 10.7. The highest BCUT2D eigenvalue weighted by Gasteiger charge is 2.14. The van der Waals surface area contributed by atoms with Crippen LogP contribution in [0.1, 0.15) is 4.88 Å². The molecule has 11 heteroatoms. The van der Waals surface area contributed by atoms with Crippen LogP contribution in [0.15, 0.2) is 34.0 Å². The van der Waals surface area contributed by atoms with Crippen molar-refractivity contribution in [2.24, 2.45) is 0 Å². The van der Waals surface area contributed by atoms with Gasteiger partial charge in [0.1, 0.15) is 11.5 Å². The molecule has 0 atom stereocenters. The van der Waals surface area contributed by atoms with Crippen LogP contribution in [0.4, 0.5) is 10.8 Å². The van der Waals surface area contributed by atoms with E-state index >= 15 is 0 Å². The summed E-state index contributed by atoms with van der Waals surface area (Å²) in [5.41, 5.74) is 0.483. The van der Waals surface area contributed by atoms with Gasteiger partial charge in [-0.1, -0.05) is 40.8 Å². The molecule has 1 amide bonds. The first-order valence-electron chi connectivity index (χ1n) is 8.53. The lowest BCUT2D eigenvalue weighted by atomic mass is 10.2. The van der Waals surface area contributed by atoms with E-state index in [1.165, 1.54) is 42.2 Å². The third-order valence-electron chi connectivity index (χ3n) is 3.71. The van der Waals surface area contributed by atoms with Crippen molar-refractivity contribution in [2.45, 2.75) is 10.8 Å². The van der Waals surface area contributed by atoms with Crippen LogP contribution in [-0.2, 0) is 11.2 Å². The van der Waals surface area contributed by atoms with Crippen LogP contribution in [0.2, 0.25) is 5.02 Å². The van der Waals surface area contributed by atoms with Gasteiger partial charge in [-0.25, -0.2) is 0 Å². The van der Waals surface area contributed by atoms with Crippen molar-refractivity contribution in [1.82, 2.24) is 10.2 Å². The highest BCUT2D eigenvalue weighted by molar-refractivity contribution is 8.01. The van der Waals surface area contributed by atoms with Gasteiger partial charge in [0, 0.05) is 17.5 Å². The van der Waals surface area contributed by atoms with Crippen molar-refractivity contribution in [2.75, 3.05) is 37.2 Å². The molecule has 0 aliphatic rings. The number of benzene rings is 1. The van der Waals surface area contributed by atoms with E-state index in [1.54, 1.807) is 23.5 Å². The van der Waals surface area contributed by atoms with Gasteiger partial charge in [-0.2, -0.15) is 0 Å². The Morgan fingerprint density at radius 1 is 1.24 bits per heavy atom. The summed E-state index contributed by atoms with van der Waals surface area (Å²) in [7, 11) is 3.03.